The van der Waals surface area contributed by atoms with E-state index in [0.29, 0.717) is 40.5 Å². The number of fused-ring (bicyclic) bond motifs is 1. The number of ether oxygens (including phenoxy) is 3. The molecule has 2 heterocycles. The fourth-order valence-corrected chi connectivity index (χ4v) is 5.14. The van der Waals surface area contributed by atoms with Gasteiger partial charge in [0.2, 0.25) is 0 Å². The van der Waals surface area contributed by atoms with Crippen molar-refractivity contribution in [3.8, 4) is 17.2 Å². The van der Waals surface area contributed by atoms with Crippen molar-refractivity contribution < 1.29 is 19.0 Å². The Bertz CT molecular complexity index is 1460. The third-order valence-electron chi connectivity index (χ3n) is 5.67. The maximum atomic E-state index is 12.9. The molecule has 0 fully saturated rings. The lowest BCUT2D eigenvalue weighted by molar-refractivity contribution is -0.114. The van der Waals surface area contributed by atoms with Crippen LogP contribution in [-0.4, -0.2) is 41.6 Å². The summed E-state index contributed by atoms with van der Waals surface area (Å²) in [4.78, 5) is 18.8. The van der Waals surface area contributed by atoms with Gasteiger partial charge in [0.25, 0.3) is 5.91 Å². The van der Waals surface area contributed by atoms with E-state index in [1.54, 1.807) is 23.1 Å². The number of nitrogens with zero attached hydrogens (tertiary/aromatic N) is 2. The summed E-state index contributed by atoms with van der Waals surface area (Å²) in [5.74, 6) is 1.15. The summed E-state index contributed by atoms with van der Waals surface area (Å²) in [7, 11) is 0. The summed E-state index contributed by atoms with van der Waals surface area (Å²) in [5, 5.41) is 11.5. The van der Waals surface area contributed by atoms with Crippen molar-refractivity contribution in [2.75, 3.05) is 19.8 Å². The van der Waals surface area contributed by atoms with E-state index in [-0.39, 0.29) is 18.0 Å². The zero-order chi connectivity index (χ0) is 26.5. The molecule has 1 N–H and O–H groups in total. The number of thioether (sulfide) groups is 1. The zero-order valence-corrected chi connectivity index (χ0v) is 22.1. The minimum atomic E-state index is -0.482. The van der Waals surface area contributed by atoms with Gasteiger partial charge < -0.3 is 14.2 Å². The van der Waals surface area contributed by atoms with E-state index < -0.39 is 5.91 Å². The first kappa shape index (κ1) is 25.6. The first-order valence-electron chi connectivity index (χ1n) is 12.0. The number of para-hydroxylation sites is 1. The molecule has 9 heteroatoms. The third kappa shape index (κ3) is 5.46. The van der Waals surface area contributed by atoms with Gasteiger partial charge >= 0.3 is 0 Å². The Kier molecular flexibility index (Phi) is 7.81. The Morgan fingerprint density at radius 1 is 1.00 bits per heavy atom. The zero-order valence-electron chi connectivity index (χ0n) is 20.5. The first-order chi connectivity index (χ1) is 18.5. The van der Waals surface area contributed by atoms with Gasteiger partial charge in [-0.05, 0) is 48.4 Å². The molecule has 0 radical (unpaired) electrons. The van der Waals surface area contributed by atoms with Gasteiger partial charge in [-0.3, -0.25) is 15.1 Å². The molecule has 1 amide bonds. The minimum Gasteiger partial charge on any atom is -0.490 e. The van der Waals surface area contributed by atoms with Crippen molar-refractivity contribution >= 4 is 52.0 Å². The number of aliphatic imine (C=N–C) groups is 1. The van der Waals surface area contributed by atoms with E-state index in [1.165, 1.54) is 11.8 Å². The van der Waals surface area contributed by atoms with Gasteiger partial charge in [-0.1, -0.05) is 71.9 Å². The highest BCUT2D eigenvalue weighted by atomic mass is 35.5. The van der Waals surface area contributed by atoms with Crippen LogP contribution in [0.25, 0.3) is 11.8 Å². The molecule has 5 rings (SSSR count). The van der Waals surface area contributed by atoms with Gasteiger partial charge in [-0.25, -0.2) is 0 Å². The fourth-order valence-electron chi connectivity index (χ4n) is 3.98. The Morgan fingerprint density at radius 3 is 2.45 bits per heavy atom. The molecule has 2 aliphatic heterocycles. The number of benzene rings is 3. The molecule has 38 heavy (non-hydrogen) atoms. The lowest BCUT2D eigenvalue weighted by atomic mass is 10.1. The summed E-state index contributed by atoms with van der Waals surface area (Å²) < 4.78 is 17.4. The highest BCUT2D eigenvalue weighted by Crippen LogP contribution is 2.39. The molecule has 192 valence electrons. The topological polar surface area (TPSA) is 84.2 Å². The summed E-state index contributed by atoms with van der Waals surface area (Å²) in [5.41, 5.74) is 2.48. The minimum absolute atomic E-state index is 0.0487. The maximum Gasteiger partial charge on any atom is 0.283 e. The van der Waals surface area contributed by atoms with E-state index in [0.717, 1.165) is 17.0 Å². The third-order valence-corrected chi connectivity index (χ3v) is 6.77. The molecule has 0 bridgehead atoms. The molecule has 0 aromatic heterocycles. The monoisotopic (exact) mass is 545 g/mol. The van der Waals surface area contributed by atoms with Gasteiger partial charge in [-0.15, -0.1) is 0 Å². The molecular weight excluding hydrogens is 522 g/mol. The van der Waals surface area contributed by atoms with E-state index >= 15 is 0 Å². The van der Waals surface area contributed by atoms with Gasteiger partial charge in [0.15, 0.2) is 16.7 Å². The predicted molar refractivity (Wildman–Crippen MR) is 152 cm³/mol. The molecule has 0 atom stereocenters. The van der Waals surface area contributed by atoms with Crippen LogP contribution in [0.2, 0.25) is 5.02 Å². The van der Waals surface area contributed by atoms with Crippen LogP contribution >= 0.6 is 23.4 Å². The lowest BCUT2D eigenvalue weighted by Gasteiger charge is -2.27. The van der Waals surface area contributed by atoms with Crippen LogP contribution in [0.1, 0.15) is 18.1 Å². The van der Waals surface area contributed by atoms with Crippen molar-refractivity contribution in [3.05, 3.63) is 99.9 Å². The van der Waals surface area contributed by atoms with Gasteiger partial charge in [0, 0.05) is 5.41 Å². The highest BCUT2D eigenvalue weighted by molar-refractivity contribution is 8.17. The van der Waals surface area contributed by atoms with E-state index in [1.807, 2.05) is 73.0 Å². The second-order valence-electron chi connectivity index (χ2n) is 8.20. The molecule has 0 unspecified atom stereocenters. The number of hydrogen-bond donors (Lipinski definition) is 1. The quantitative estimate of drug-likeness (QED) is 0.244. The molecule has 0 aliphatic carbocycles. The van der Waals surface area contributed by atoms with E-state index in [4.69, 9.17) is 31.2 Å². The maximum absolute atomic E-state index is 12.9. The number of hydrogen-bond acceptors (Lipinski definition) is 6. The smallest absolute Gasteiger partial charge is 0.283 e. The Balaban J connectivity index is 1.37. The molecular formula is C29H24ClN3O4S. The van der Waals surface area contributed by atoms with Crippen LogP contribution in [0.15, 0.2) is 88.8 Å². The van der Waals surface area contributed by atoms with Crippen LogP contribution in [0.3, 0.4) is 0 Å². The molecule has 3 aromatic carbocycles. The van der Waals surface area contributed by atoms with Gasteiger partial charge in [-0.2, -0.15) is 4.99 Å². The number of rotatable bonds is 9. The Hall–Kier alpha value is -4.01. The van der Waals surface area contributed by atoms with Crippen LogP contribution < -0.4 is 14.2 Å². The van der Waals surface area contributed by atoms with Crippen molar-refractivity contribution in [2.45, 2.75) is 6.92 Å². The fraction of sp³-hybridized carbons (Fsp3) is 0.138. The Morgan fingerprint density at radius 2 is 1.71 bits per heavy atom. The summed E-state index contributed by atoms with van der Waals surface area (Å²) in [6, 6.07) is 22.6. The second-order valence-corrected chi connectivity index (χ2v) is 9.45. The van der Waals surface area contributed by atoms with Crippen molar-refractivity contribution in [3.63, 3.8) is 0 Å². The van der Waals surface area contributed by atoms with E-state index in [9.17, 15) is 4.79 Å². The Labute approximate surface area is 229 Å². The standard InChI is InChI=1S/C29H24ClN3O4S/c1-2-35-25-17-19(16-23(30)26(25)37-14-13-36-21-11-7-4-8-12-21)15-22-27(31)33-24(20-9-5-3-6-10-20)18-38-29(33)32-28(22)34/h3-12,15-18,31H,2,13-14H2,1H3. The van der Waals surface area contributed by atoms with Crippen molar-refractivity contribution in [1.82, 2.24) is 4.90 Å². The van der Waals surface area contributed by atoms with Gasteiger partial charge in [0.05, 0.1) is 22.9 Å². The molecule has 0 spiro atoms. The largest absolute Gasteiger partial charge is 0.490 e. The first-order valence-corrected chi connectivity index (χ1v) is 13.2. The number of nitrogens with one attached hydrogen (secondary N) is 1. The highest BCUT2D eigenvalue weighted by Gasteiger charge is 2.36. The van der Waals surface area contributed by atoms with Crippen LogP contribution in [0.5, 0.6) is 17.2 Å². The molecule has 0 saturated heterocycles. The number of amidine groups is 2. The molecule has 7 nitrogen and oxygen atoms in total. The van der Waals surface area contributed by atoms with Crippen LogP contribution in [0, 0.1) is 5.41 Å². The molecule has 0 saturated carbocycles. The number of carbonyl (C=O) groups excluding carboxylic acids is 1. The summed E-state index contributed by atoms with van der Waals surface area (Å²) >= 11 is 7.91. The summed E-state index contributed by atoms with van der Waals surface area (Å²) in [6.07, 6.45) is 1.60. The van der Waals surface area contributed by atoms with Crippen molar-refractivity contribution in [1.29, 1.82) is 5.41 Å². The van der Waals surface area contributed by atoms with Crippen LogP contribution in [-0.2, 0) is 4.79 Å². The second kappa shape index (κ2) is 11.6. The van der Waals surface area contributed by atoms with Crippen molar-refractivity contribution in [2.24, 2.45) is 4.99 Å². The SMILES string of the molecule is CCOc1cc(C=C2C(=N)N3C(c4ccccc4)=CSC3=NC2=O)cc(Cl)c1OCCOc1ccccc1. The lowest BCUT2D eigenvalue weighted by Crippen LogP contribution is -2.38. The molecule has 2 aliphatic rings. The predicted octanol–water partition coefficient (Wildman–Crippen LogP) is 6.50. The normalized spacial score (nSPS) is 15.7. The van der Waals surface area contributed by atoms with Crippen LogP contribution in [0.4, 0.5) is 0 Å². The molecule has 3 aromatic rings. The summed E-state index contributed by atoms with van der Waals surface area (Å²) in [6.45, 7) is 2.85. The average Bonchev–Trinajstić information content (AvgIpc) is 3.35. The number of amides is 1. The number of carbonyl (C=O) groups is 1. The number of halogens is 1. The average molecular weight is 546 g/mol. The van der Waals surface area contributed by atoms with Gasteiger partial charge in [0.1, 0.15) is 24.8 Å². The van der Waals surface area contributed by atoms with E-state index in [2.05, 4.69) is 4.99 Å².